The highest BCUT2D eigenvalue weighted by molar-refractivity contribution is 7.89. The van der Waals surface area contributed by atoms with E-state index < -0.39 is 27.8 Å². The van der Waals surface area contributed by atoms with Crippen molar-refractivity contribution in [3.05, 3.63) is 150 Å². The number of benzene rings is 3. The van der Waals surface area contributed by atoms with Crippen LogP contribution in [0.4, 0.5) is 0 Å². The molecule has 6 unspecified atom stereocenters. The van der Waals surface area contributed by atoms with Gasteiger partial charge in [0.1, 0.15) is 29.6 Å². The molecule has 12 nitrogen and oxygen atoms in total. The summed E-state index contributed by atoms with van der Waals surface area (Å²) < 4.78 is 52.6. The lowest BCUT2D eigenvalue weighted by molar-refractivity contribution is -0.250. The zero-order valence-corrected chi connectivity index (χ0v) is 37.4. The third-order valence-electron chi connectivity index (χ3n) is 12.9. The molecular formula is C51H58N4O8S. The van der Waals surface area contributed by atoms with E-state index in [0.717, 1.165) is 53.8 Å². The summed E-state index contributed by atoms with van der Waals surface area (Å²) in [5, 5.41) is 25.5. The summed E-state index contributed by atoms with van der Waals surface area (Å²) >= 11 is 0. The molecule has 6 atom stereocenters. The minimum Gasteiger partial charge on any atom is -0.487 e. The first-order valence-corrected chi connectivity index (χ1v) is 23.7. The number of fused-ring (bicyclic) bond motifs is 3. The number of likely N-dealkylation sites (N-methyl/N-ethyl adjacent to an activating group) is 1. The number of ether oxygens (including phenoxy) is 3. The van der Waals surface area contributed by atoms with Gasteiger partial charge in [0.15, 0.2) is 0 Å². The van der Waals surface area contributed by atoms with E-state index in [1.54, 1.807) is 37.5 Å². The van der Waals surface area contributed by atoms with Crippen molar-refractivity contribution in [3.63, 3.8) is 0 Å². The number of allylic oxidation sites excluding steroid dienone is 1. The normalized spacial score (nSPS) is 23.2. The summed E-state index contributed by atoms with van der Waals surface area (Å²) in [5.41, 5.74) is 5.41. The van der Waals surface area contributed by atoms with E-state index in [1.807, 2.05) is 79.7 Å². The fourth-order valence-electron chi connectivity index (χ4n) is 10.00. The minimum absolute atomic E-state index is 0.00328. The number of aliphatic hydroxyl groups is 2. The fourth-order valence-corrected chi connectivity index (χ4v) is 11.5. The molecule has 64 heavy (non-hydrogen) atoms. The van der Waals surface area contributed by atoms with E-state index >= 15 is 8.42 Å². The minimum atomic E-state index is -4.27. The summed E-state index contributed by atoms with van der Waals surface area (Å²) in [6.45, 7) is 6.67. The van der Waals surface area contributed by atoms with Gasteiger partial charge in [-0.05, 0) is 98.0 Å². The summed E-state index contributed by atoms with van der Waals surface area (Å²) in [4.78, 5) is 15.4. The van der Waals surface area contributed by atoms with Crippen molar-refractivity contribution in [1.82, 2.24) is 14.3 Å². The zero-order valence-electron chi connectivity index (χ0n) is 36.6. The van der Waals surface area contributed by atoms with Gasteiger partial charge in [-0.25, -0.2) is 8.42 Å². The Morgan fingerprint density at radius 3 is 2.50 bits per heavy atom. The number of pyridine rings is 2. The molecular weight excluding hydrogens is 829 g/mol. The van der Waals surface area contributed by atoms with Gasteiger partial charge < -0.3 is 29.3 Å². The number of rotatable bonds is 20. The molecule has 3 aromatic carbocycles. The van der Waals surface area contributed by atoms with Gasteiger partial charge >= 0.3 is 0 Å². The first-order chi connectivity index (χ1) is 31.2. The maximum absolute atomic E-state index is 15.2. The number of oxime groups is 1. The third kappa shape index (κ3) is 9.23. The first kappa shape index (κ1) is 45.1. The number of aryl methyl sites for hydroxylation is 1. The predicted octanol–water partition coefficient (Wildman–Crippen LogP) is 8.67. The van der Waals surface area contributed by atoms with E-state index in [-0.39, 0.29) is 62.1 Å². The summed E-state index contributed by atoms with van der Waals surface area (Å²) in [6.07, 6.45) is 10.1. The van der Waals surface area contributed by atoms with Gasteiger partial charge in [-0.15, -0.1) is 6.58 Å². The van der Waals surface area contributed by atoms with Crippen LogP contribution in [0.2, 0.25) is 0 Å². The Morgan fingerprint density at radius 2 is 1.72 bits per heavy atom. The number of aliphatic hydroxyl groups excluding tert-OH is 2. The molecule has 3 aliphatic rings. The van der Waals surface area contributed by atoms with Crippen LogP contribution < -0.4 is 9.47 Å². The molecule has 2 aliphatic carbocycles. The second-order valence-electron chi connectivity index (χ2n) is 16.9. The molecule has 1 aliphatic heterocycles. The van der Waals surface area contributed by atoms with Crippen LogP contribution in [0.5, 0.6) is 11.5 Å². The molecule has 336 valence electrons. The van der Waals surface area contributed by atoms with Crippen LogP contribution >= 0.6 is 0 Å². The van der Waals surface area contributed by atoms with Crippen LogP contribution in [0.15, 0.2) is 138 Å². The van der Waals surface area contributed by atoms with Gasteiger partial charge in [0.2, 0.25) is 15.8 Å². The molecule has 13 heteroatoms. The highest BCUT2D eigenvalue weighted by Gasteiger charge is 2.65. The molecule has 0 bridgehead atoms. The van der Waals surface area contributed by atoms with Gasteiger partial charge in [-0.1, -0.05) is 84.7 Å². The smallest absolute Gasteiger partial charge is 0.245 e. The number of unbranched alkanes of at least 4 members (excludes halogenated alkanes) is 2. The van der Waals surface area contributed by atoms with Gasteiger partial charge in [0.25, 0.3) is 0 Å². The second-order valence-corrected chi connectivity index (χ2v) is 18.9. The Hall–Kier alpha value is -5.44. The number of aromatic nitrogens is 2. The van der Waals surface area contributed by atoms with Crippen molar-refractivity contribution in [2.75, 3.05) is 26.9 Å². The molecule has 3 heterocycles. The van der Waals surface area contributed by atoms with Crippen LogP contribution in [0.1, 0.15) is 73.4 Å². The molecule has 0 spiro atoms. The highest BCUT2D eigenvalue weighted by atomic mass is 32.2. The van der Waals surface area contributed by atoms with E-state index in [1.165, 1.54) is 4.31 Å². The van der Waals surface area contributed by atoms with Crippen molar-refractivity contribution < 1.29 is 37.7 Å². The lowest BCUT2D eigenvalue weighted by atomic mass is 9.55. The monoisotopic (exact) mass is 886 g/mol. The van der Waals surface area contributed by atoms with Crippen molar-refractivity contribution in [2.24, 2.45) is 22.9 Å². The number of para-hydroxylation sites is 1. The average molecular weight is 887 g/mol. The number of nitrogens with zero attached hydrogens (tertiary/aromatic N) is 4. The van der Waals surface area contributed by atoms with Crippen LogP contribution in [0, 0.1) is 24.7 Å². The maximum Gasteiger partial charge on any atom is 0.245 e. The molecule has 1 fully saturated rings. The molecule has 2 N–H and O–H groups in total. The largest absolute Gasteiger partial charge is 0.487 e. The van der Waals surface area contributed by atoms with Crippen molar-refractivity contribution >= 4 is 26.6 Å². The SMILES string of the molecule is C=CCOC12Oc3ccc(OCc4cccc(C)n4)cc3C3C(CCCCO)C(CCCCO)C=C(C(=NOCc4ccccc4)CC1N(C)S(=O)(=O)c1cccc4cccnc14)C32. The van der Waals surface area contributed by atoms with Crippen LogP contribution in [-0.2, 0) is 32.8 Å². The standard InChI is InChI=1S/C51H58N4O8S/c1-4-29-61-51-47(55(3)64(58,59)46-23-13-19-37-20-14-26-52-50(37)46)32-44(54-62-33-36-16-6-5-7-17-36)42-30-38(18-8-10-27-56)41(22-9-11-28-57)48(49(42)51)43-31-40(24-25-45(43)63-51)60-34-39-21-12-15-35(2)53-39/h4-7,12-17,19-21,23-26,30-31,38,41,47-49,56-57H,1,8-11,18,22,27-29,32-34H2,2-3H3. The molecule has 2 aromatic heterocycles. The summed E-state index contributed by atoms with van der Waals surface area (Å²) in [5.74, 6) is -1.21. The number of hydrogen-bond acceptors (Lipinski definition) is 11. The average Bonchev–Trinajstić information content (AvgIpc) is 3.31. The van der Waals surface area contributed by atoms with Gasteiger partial charge in [0, 0.05) is 55.4 Å². The second kappa shape index (κ2) is 20.2. The summed E-state index contributed by atoms with van der Waals surface area (Å²) in [6, 6.07) is 29.3. The van der Waals surface area contributed by atoms with Crippen molar-refractivity contribution in [3.8, 4) is 11.5 Å². The molecule has 8 rings (SSSR count). The van der Waals surface area contributed by atoms with E-state index in [0.29, 0.717) is 41.0 Å². The van der Waals surface area contributed by atoms with E-state index in [2.05, 4.69) is 28.7 Å². The highest BCUT2D eigenvalue weighted by Crippen LogP contribution is 2.62. The molecule has 0 radical (unpaired) electrons. The third-order valence-corrected chi connectivity index (χ3v) is 14.8. The van der Waals surface area contributed by atoms with E-state index in [4.69, 9.17) is 24.2 Å². The van der Waals surface area contributed by atoms with Crippen LogP contribution in [0.3, 0.4) is 0 Å². The number of hydrogen-bond donors (Lipinski definition) is 2. The van der Waals surface area contributed by atoms with Crippen LogP contribution in [0.25, 0.3) is 10.9 Å². The molecule has 0 amide bonds. The Morgan fingerprint density at radius 1 is 0.938 bits per heavy atom. The lowest BCUT2D eigenvalue weighted by Gasteiger charge is -2.59. The molecule has 0 saturated heterocycles. The van der Waals surface area contributed by atoms with Crippen molar-refractivity contribution in [2.45, 2.75) is 87.7 Å². The Balaban J connectivity index is 1.32. The zero-order chi connectivity index (χ0) is 44.7. The Kier molecular flexibility index (Phi) is 14.2. The molecule has 5 aromatic rings. The Labute approximate surface area is 376 Å². The topological polar surface area (TPSA) is 153 Å². The molecule has 1 saturated carbocycles. The lowest BCUT2D eigenvalue weighted by Crippen LogP contribution is -2.69. The van der Waals surface area contributed by atoms with E-state index in [9.17, 15) is 10.2 Å². The van der Waals surface area contributed by atoms with Crippen molar-refractivity contribution in [1.29, 1.82) is 0 Å². The number of sulfonamides is 1. The maximum atomic E-state index is 15.2. The first-order valence-electron chi connectivity index (χ1n) is 22.3. The van der Waals surface area contributed by atoms with Gasteiger partial charge in [-0.3, -0.25) is 9.97 Å². The summed E-state index contributed by atoms with van der Waals surface area (Å²) in [7, 11) is -2.69. The fraction of sp³-hybridized carbons (Fsp3) is 0.392. The quantitative estimate of drug-likeness (QED) is 0.0441. The van der Waals surface area contributed by atoms with Gasteiger partial charge in [0.05, 0.1) is 35.5 Å². The predicted molar refractivity (Wildman–Crippen MR) is 246 cm³/mol. The Bertz CT molecular complexity index is 2580. The van der Waals surface area contributed by atoms with Crippen LogP contribution in [-0.4, -0.2) is 77.3 Å². The van der Waals surface area contributed by atoms with Gasteiger partial charge in [-0.2, -0.15) is 4.31 Å².